The molecule has 2 aromatic rings. The van der Waals surface area contributed by atoms with Gasteiger partial charge in [-0.3, -0.25) is 0 Å². The smallest absolute Gasteiger partial charge is 0.128 e. The molecule has 0 saturated heterocycles. The monoisotopic (exact) mass is 271 g/mol. The molecule has 0 spiro atoms. The minimum absolute atomic E-state index is 0.0847. The molecule has 1 N–H and O–H groups in total. The SMILES string of the molecule is CNC(c1cc(C)ccc1F)C1COc2ccccc21. The summed E-state index contributed by atoms with van der Waals surface area (Å²) in [5.74, 6) is 0.873. The summed E-state index contributed by atoms with van der Waals surface area (Å²) in [6.07, 6.45) is 0. The van der Waals surface area contributed by atoms with Crippen molar-refractivity contribution in [3.63, 3.8) is 0 Å². The van der Waals surface area contributed by atoms with Crippen LogP contribution in [-0.2, 0) is 0 Å². The van der Waals surface area contributed by atoms with Gasteiger partial charge in [-0.05, 0) is 26.1 Å². The number of rotatable bonds is 3. The number of benzene rings is 2. The highest BCUT2D eigenvalue weighted by molar-refractivity contribution is 5.42. The van der Waals surface area contributed by atoms with Crippen molar-refractivity contribution in [2.24, 2.45) is 0 Å². The van der Waals surface area contributed by atoms with Crippen molar-refractivity contribution in [2.75, 3.05) is 13.7 Å². The Morgan fingerprint density at radius 1 is 1.25 bits per heavy atom. The first kappa shape index (κ1) is 13.1. The Hall–Kier alpha value is -1.87. The van der Waals surface area contributed by atoms with E-state index in [1.807, 2.05) is 38.2 Å². The van der Waals surface area contributed by atoms with E-state index in [0.29, 0.717) is 12.2 Å². The third-order valence-electron chi connectivity index (χ3n) is 3.94. The van der Waals surface area contributed by atoms with Gasteiger partial charge in [-0.1, -0.05) is 35.9 Å². The molecule has 0 aromatic heterocycles. The molecule has 1 aliphatic heterocycles. The van der Waals surface area contributed by atoms with Crippen molar-refractivity contribution in [3.05, 3.63) is 65.0 Å². The maximum atomic E-state index is 14.2. The molecular formula is C17H18FNO. The number of likely N-dealkylation sites (N-methyl/N-ethyl adjacent to an activating group) is 1. The van der Waals surface area contributed by atoms with Crippen molar-refractivity contribution < 1.29 is 9.13 Å². The van der Waals surface area contributed by atoms with Crippen LogP contribution in [0.2, 0.25) is 0 Å². The van der Waals surface area contributed by atoms with Gasteiger partial charge in [0.25, 0.3) is 0 Å². The highest BCUT2D eigenvalue weighted by atomic mass is 19.1. The number of halogens is 1. The second-order valence-electron chi connectivity index (χ2n) is 5.25. The van der Waals surface area contributed by atoms with Gasteiger partial charge in [0.05, 0.1) is 6.61 Å². The Labute approximate surface area is 118 Å². The lowest BCUT2D eigenvalue weighted by molar-refractivity contribution is 0.302. The average Bonchev–Trinajstić information content (AvgIpc) is 2.88. The molecule has 1 aliphatic rings. The summed E-state index contributed by atoms with van der Waals surface area (Å²) in [6.45, 7) is 2.56. The third kappa shape index (κ3) is 2.18. The summed E-state index contributed by atoms with van der Waals surface area (Å²) in [6, 6.07) is 13.2. The summed E-state index contributed by atoms with van der Waals surface area (Å²) in [5.41, 5.74) is 2.92. The van der Waals surface area contributed by atoms with Crippen LogP contribution in [0.4, 0.5) is 4.39 Å². The van der Waals surface area contributed by atoms with Crippen LogP contribution < -0.4 is 10.1 Å². The molecule has 0 saturated carbocycles. The molecule has 104 valence electrons. The zero-order chi connectivity index (χ0) is 14.1. The Morgan fingerprint density at radius 2 is 2.05 bits per heavy atom. The number of nitrogens with one attached hydrogen (secondary N) is 1. The van der Waals surface area contributed by atoms with Gasteiger partial charge in [0.1, 0.15) is 11.6 Å². The van der Waals surface area contributed by atoms with Crippen molar-refractivity contribution in [1.82, 2.24) is 5.32 Å². The van der Waals surface area contributed by atoms with Crippen LogP contribution in [0, 0.1) is 12.7 Å². The summed E-state index contributed by atoms with van der Waals surface area (Å²) in [5, 5.41) is 3.25. The maximum Gasteiger partial charge on any atom is 0.128 e. The van der Waals surface area contributed by atoms with E-state index in [1.54, 1.807) is 6.07 Å². The molecule has 3 rings (SSSR count). The van der Waals surface area contributed by atoms with Gasteiger partial charge in [0.15, 0.2) is 0 Å². The third-order valence-corrected chi connectivity index (χ3v) is 3.94. The molecule has 2 atom stereocenters. The Balaban J connectivity index is 2.01. The molecule has 3 heteroatoms. The summed E-state index contributed by atoms with van der Waals surface area (Å²) >= 11 is 0. The first-order valence-corrected chi connectivity index (χ1v) is 6.85. The minimum Gasteiger partial charge on any atom is -0.493 e. The fourth-order valence-electron chi connectivity index (χ4n) is 2.94. The number of ether oxygens (including phenoxy) is 1. The van der Waals surface area contributed by atoms with Crippen LogP contribution >= 0.6 is 0 Å². The predicted molar refractivity (Wildman–Crippen MR) is 77.6 cm³/mol. The molecule has 0 radical (unpaired) electrons. The zero-order valence-corrected chi connectivity index (χ0v) is 11.7. The lowest BCUT2D eigenvalue weighted by atomic mass is 9.88. The maximum absolute atomic E-state index is 14.2. The van der Waals surface area contributed by atoms with E-state index < -0.39 is 0 Å². The largest absolute Gasteiger partial charge is 0.493 e. The molecule has 2 nitrogen and oxygen atoms in total. The highest BCUT2D eigenvalue weighted by Crippen LogP contribution is 2.41. The van der Waals surface area contributed by atoms with Gasteiger partial charge in [-0.15, -0.1) is 0 Å². The lowest BCUT2D eigenvalue weighted by Crippen LogP contribution is -2.26. The van der Waals surface area contributed by atoms with E-state index in [2.05, 4.69) is 11.4 Å². The van der Waals surface area contributed by atoms with Crippen LogP contribution in [0.25, 0.3) is 0 Å². The van der Waals surface area contributed by atoms with Crippen LogP contribution in [0.1, 0.15) is 28.7 Å². The van der Waals surface area contributed by atoms with Crippen molar-refractivity contribution in [1.29, 1.82) is 0 Å². The van der Waals surface area contributed by atoms with E-state index >= 15 is 0 Å². The molecule has 2 unspecified atom stereocenters. The standard InChI is InChI=1S/C17H18FNO/c1-11-7-8-15(18)13(9-11)17(19-2)14-10-20-16-6-4-3-5-12(14)16/h3-9,14,17,19H,10H2,1-2H3. The first-order chi connectivity index (χ1) is 9.70. The van der Waals surface area contributed by atoms with Crippen LogP contribution in [0.5, 0.6) is 5.75 Å². The number of hydrogen-bond acceptors (Lipinski definition) is 2. The Morgan fingerprint density at radius 3 is 2.85 bits per heavy atom. The second kappa shape index (κ2) is 5.25. The molecule has 0 amide bonds. The Kier molecular flexibility index (Phi) is 3.45. The van der Waals surface area contributed by atoms with Gasteiger partial charge in [0, 0.05) is 23.1 Å². The second-order valence-corrected chi connectivity index (χ2v) is 5.25. The number of hydrogen-bond donors (Lipinski definition) is 1. The Bertz CT molecular complexity index is 626. The summed E-state index contributed by atoms with van der Waals surface area (Å²) < 4.78 is 19.9. The van der Waals surface area contributed by atoms with Gasteiger partial charge >= 0.3 is 0 Å². The summed E-state index contributed by atoms with van der Waals surface area (Å²) in [4.78, 5) is 0. The fraction of sp³-hybridized carbons (Fsp3) is 0.294. The quantitative estimate of drug-likeness (QED) is 0.921. The van der Waals surface area contributed by atoms with Crippen LogP contribution in [-0.4, -0.2) is 13.7 Å². The predicted octanol–water partition coefficient (Wildman–Crippen LogP) is 3.57. The van der Waals surface area contributed by atoms with Gasteiger partial charge in [-0.25, -0.2) is 4.39 Å². The average molecular weight is 271 g/mol. The van der Waals surface area contributed by atoms with Crippen LogP contribution in [0.15, 0.2) is 42.5 Å². The molecule has 0 bridgehead atoms. The van der Waals surface area contributed by atoms with E-state index in [4.69, 9.17) is 4.74 Å². The van der Waals surface area contributed by atoms with E-state index in [-0.39, 0.29) is 17.8 Å². The van der Waals surface area contributed by atoms with E-state index in [1.165, 1.54) is 6.07 Å². The molecule has 0 fully saturated rings. The molecule has 0 aliphatic carbocycles. The molecular weight excluding hydrogens is 253 g/mol. The van der Waals surface area contributed by atoms with E-state index in [9.17, 15) is 4.39 Å². The van der Waals surface area contributed by atoms with Crippen molar-refractivity contribution in [2.45, 2.75) is 18.9 Å². The number of aryl methyl sites for hydroxylation is 1. The van der Waals surface area contributed by atoms with Crippen molar-refractivity contribution in [3.8, 4) is 5.75 Å². The topological polar surface area (TPSA) is 21.3 Å². The molecule has 2 aromatic carbocycles. The van der Waals surface area contributed by atoms with Crippen LogP contribution in [0.3, 0.4) is 0 Å². The van der Waals surface area contributed by atoms with E-state index in [0.717, 1.165) is 16.9 Å². The van der Waals surface area contributed by atoms with Gasteiger partial charge in [0.2, 0.25) is 0 Å². The number of fused-ring (bicyclic) bond motifs is 1. The molecule has 20 heavy (non-hydrogen) atoms. The fourth-order valence-corrected chi connectivity index (χ4v) is 2.94. The van der Waals surface area contributed by atoms with Crippen molar-refractivity contribution >= 4 is 0 Å². The normalized spacial score (nSPS) is 18.4. The van der Waals surface area contributed by atoms with Gasteiger partial charge in [-0.2, -0.15) is 0 Å². The first-order valence-electron chi connectivity index (χ1n) is 6.85. The summed E-state index contributed by atoms with van der Waals surface area (Å²) in [7, 11) is 1.87. The lowest BCUT2D eigenvalue weighted by Gasteiger charge is -2.23. The molecule has 1 heterocycles. The zero-order valence-electron chi connectivity index (χ0n) is 11.7. The minimum atomic E-state index is -0.167. The number of para-hydroxylation sites is 1. The van der Waals surface area contributed by atoms with Gasteiger partial charge < -0.3 is 10.1 Å². The highest BCUT2D eigenvalue weighted by Gasteiger charge is 2.32.